The number of carbonyl (C=O) groups is 2. The topological polar surface area (TPSA) is 88.1 Å². The van der Waals surface area contributed by atoms with Gasteiger partial charge in [0.2, 0.25) is 0 Å². The van der Waals surface area contributed by atoms with E-state index in [1.54, 1.807) is 13.2 Å². The molecule has 0 spiro atoms. The van der Waals surface area contributed by atoms with Crippen LogP contribution in [-0.4, -0.2) is 48.8 Å². The average Bonchev–Trinajstić information content (AvgIpc) is 3.30. The van der Waals surface area contributed by atoms with E-state index in [0.29, 0.717) is 30.9 Å². The number of nitrogens with one attached hydrogen (secondary N) is 1. The van der Waals surface area contributed by atoms with Crippen LogP contribution in [0.25, 0.3) is 5.57 Å². The number of hydrogen-bond acceptors (Lipinski definition) is 4. The molecule has 0 unspecified atom stereocenters. The van der Waals surface area contributed by atoms with Gasteiger partial charge >= 0.3 is 6.09 Å². The van der Waals surface area contributed by atoms with Crippen LogP contribution < -0.4 is 14.8 Å². The highest BCUT2D eigenvalue weighted by Crippen LogP contribution is 2.29. The van der Waals surface area contributed by atoms with Gasteiger partial charge in [0.05, 0.1) is 13.7 Å². The molecule has 0 aromatic heterocycles. The normalized spacial score (nSPS) is 15.5. The Hall–Kier alpha value is -3.48. The zero-order valence-electron chi connectivity index (χ0n) is 15.4. The number of methoxy groups -OCH3 is 1. The summed E-state index contributed by atoms with van der Waals surface area (Å²) in [4.78, 5) is 24.6. The minimum atomic E-state index is -0.963. The lowest BCUT2D eigenvalue weighted by Gasteiger charge is -2.12. The van der Waals surface area contributed by atoms with Gasteiger partial charge in [-0.2, -0.15) is 0 Å². The first-order valence-electron chi connectivity index (χ1n) is 8.92. The molecule has 2 amide bonds. The number of fused-ring (bicyclic) bond motifs is 1. The van der Waals surface area contributed by atoms with Gasteiger partial charge in [0, 0.05) is 18.7 Å². The summed E-state index contributed by atoms with van der Waals surface area (Å²) in [5.41, 5.74) is 4.35. The zero-order valence-corrected chi connectivity index (χ0v) is 15.4. The first-order valence-corrected chi connectivity index (χ1v) is 8.92. The molecule has 0 saturated heterocycles. The number of hydrogen-bond donors (Lipinski definition) is 2. The number of amides is 2. The van der Waals surface area contributed by atoms with Crippen LogP contribution in [0.2, 0.25) is 0 Å². The van der Waals surface area contributed by atoms with Gasteiger partial charge in [-0.25, -0.2) is 4.79 Å². The van der Waals surface area contributed by atoms with Gasteiger partial charge in [0.1, 0.15) is 18.1 Å². The lowest BCUT2D eigenvalue weighted by Crippen LogP contribution is -2.27. The molecule has 0 bridgehead atoms. The Kier molecular flexibility index (Phi) is 4.65. The largest absolute Gasteiger partial charge is 0.497 e. The van der Waals surface area contributed by atoms with Crippen molar-refractivity contribution in [1.29, 1.82) is 0 Å². The highest BCUT2D eigenvalue weighted by molar-refractivity contribution is 5.98. The van der Waals surface area contributed by atoms with Crippen LogP contribution in [0.15, 0.2) is 48.0 Å². The number of rotatable bonds is 5. The van der Waals surface area contributed by atoms with Crippen molar-refractivity contribution >= 4 is 17.6 Å². The van der Waals surface area contributed by atoms with E-state index >= 15 is 0 Å². The molecule has 2 aromatic rings. The van der Waals surface area contributed by atoms with E-state index in [0.717, 1.165) is 28.0 Å². The lowest BCUT2D eigenvalue weighted by atomic mass is 10.0. The third-order valence-corrected chi connectivity index (χ3v) is 5.04. The van der Waals surface area contributed by atoms with Crippen LogP contribution in [0.3, 0.4) is 0 Å². The van der Waals surface area contributed by atoms with Crippen molar-refractivity contribution in [2.24, 2.45) is 0 Å². The van der Waals surface area contributed by atoms with Crippen LogP contribution in [-0.2, 0) is 6.54 Å². The maximum atomic E-state index is 11.8. The average molecular weight is 380 g/mol. The fraction of sp³-hybridized carbons (Fsp3) is 0.238. The Labute approximate surface area is 162 Å². The maximum absolute atomic E-state index is 11.8. The molecule has 2 aliphatic heterocycles. The maximum Gasteiger partial charge on any atom is 0.407 e. The highest BCUT2D eigenvalue weighted by Gasteiger charge is 2.27. The third-order valence-electron chi connectivity index (χ3n) is 5.04. The summed E-state index contributed by atoms with van der Waals surface area (Å²) < 4.78 is 11.1. The SMILES string of the molecule is COc1ccc(C2=C(COc3ccc4c(c3)C(=O)NC4)CN(C(=O)O)C2)cc1. The van der Waals surface area contributed by atoms with Crippen molar-refractivity contribution in [3.8, 4) is 11.5 Å². The Morgan fingerprint density at radius 1 is 1.14 bits per heavy atom. The van der Waals surface area contributed by atoms with E-state index in [4.69, 9.17) is 9.47 Å². The van der Waals surface area contributed by atoms with Crippen molar-refractivity contribution in [1.82, 2.24) is 10.2 Å². The highest BCUT2D eigenvalue weighted by atomic mass is 16.5. The predicted molar refractivity (Wildman–Crippen MR) is 103 cm³/mol. The minimum absolute atomic E-state index is 0.100. The molecule has 0 radical (unpaired) electrons. The predicted octanol–water partition coefficient (Wildman–Crippen LogP) is 2.76. The molecule has 0 saturated carbocycles. The van der Waals surface area contributed by atoms with Crippen LogP contribution in [0, 0.1) is 0 Å². The summed E-state index contributed by atoms with van der Waals surface area (Å²) in [6, 6.07) is 13.0. The molecule has 2 heterocycles. The first kappa shape index (κ1) is 17.9. The lowest BCUT2D eigenvalue weighted by molar-refractivity contribution is 0.0965. The van der Waals surface area contributed by atoms with E-state index in [-0.39, 0.29) is 12.5 Å². The monoisotopic (exact) mass is 380 g/mol. The molecule has 2 aliphatic rings. The van der Waals surface area contributed by atoms with Gasteiger partial charge in [-0.15, -0.1) is 0 Å². The summed E-state index contributed by atoms with van der Waals surface area (Å²) in [7, 11) is 1.60. The van der Waals surface area contributed by atoms with Crippen LogP contribution in [0.5, 0.6) is 11.5 Å². The molecular weight excluding hydrogens is 360 g/mol. The molecule has 28 heavy (non-hydrogen) atoms. The zero-order chi connectivity index (χ0) is 19.7. The molecule has 2 N–H and O–H groups in total. The van der Waals surface area contributed by atoms with E-state index in [1.165, 1.54) is 4.90 Å². The smallest absolute Gasteiger partial charge is 0.407 e. The summed E-state index contributed by atoms with van der Waals surface area (Å²) in [5, 5.41) is 12.2. The molecular formula is C21H20N2O5. The van der Waals surface area contributed by atoms with Crippen molar-refractivity contribution < 1.29 is 24.2 Å². The quantitative estimate of drug-likeness (QED) is 0.833. The Bertz CT molecular complexity index is 965. The summed E-state index contributed by atoms with van der Waals surface area (Å²) in [6.45, 7) is 1.40. The summed E-state index contributed by atoms with van der Waals surface area (Å²) >= 11 is 0. The number of ether oxygens (including phenoxy) is 2. The van der Waals surface area contributed by atoms with Crippen molar-refractivity contribution in [3.63, 3.8) is 0 Å². The van der Waals surface area contributed by atoms with Crippen molar-refractivity contribution in [2.75, 3.05) is 26.8 Å². The molecule has 0 atom stereocenters. The van der Waals surface area contributed by atoms with E-state index < -0.39 is 6.09 Å². The van der Waals surface area contributed by atoms with Gasteiger partial charge in [-0.3, -0.25) is 9.69 Å². The number of carboxylic acid groups (broad SMARTS) is 1. The third kappa shape index (κ3) is 3.38. The number of benzene rings is 2. The second kappa shape index (κ2) is 7.26. The minimum Gasteiger partial charge on any atom is -0.497 e. The fourth-order valence-corrected chi connectivity index (χ4v) is 3.49. The van der Waals surface area contributed by atoms with E-state index in [9.17, 15) is 14.7 Å². The molecule has 0 fully saturated rings. The molecule has 7 nitrogen and oxygen atoms in total. The molecule has 144 valence electrons. The standard InChI is InChI=1S/C21H20N2O5/c1-27-16-5-2-13(3-6-16)19-11-23(21(25)26)10-15(19)12-28-17-7-4-14-9-22-20(24)18(14)8-17/h2-8H,9-12H2,1H3,(H,22,24)(H,25,26). The van der Waals surface area contributed by atoms with Crippen LogP contribution >= 0.6 is 0 Å². The van der Waals surface area contributed by atoms with Gasteiger partial charge in [-0.05, 0) is 46.5 Å². The Morgan fingerprint density at radius 2 is 1.89 bits per heavy atom. The summed E-state index contributed by atoms with van der Waals surface area (Å²) in [6.07, 6.45) is -0.963. The summed E-state index contributed by atoms with van der Waals surface area (Å²) in [5.74, 6) is 1.23. The second-order valence-corrected chi connectivity index (χ2v) is 6.74. The van der Waals surface area contributed by atoms with Gasteiger partial charge in [0.15, 0.2) is 0 Å². The Morgan fingerprint density at radius 3 is 2.61 bits per heavy atom. The van der Waals surface area contributed by atoms with E-state index in [1.807, 2.05) is 36.4 Å². The molecule has 2 aromatic carbocycles. The van der Waals surface area contributed by atoms with Gasteiger partial charge in [-0.1, -0.05) is 18.2 Å². The first-order chi connectivity index (χ1) is 13.5. The van der Waals surface area contributed by atoms with E-state index in [2.05, 4.69) is 5.32 Å². The molecule has 0 aliphatic carbocycles. The van der Waals surface area contributed by atoms with Crippen LogP contribution in [0.4, 0.5) is 4.79 Å². The fourth-order valence-electron chi connectivity index (χ4n) is 3.49. The number of carbonyl (C=O) groups excluding carboxylic acids is 1. The van der Waals surface area contributed by atoms with Crippen molar-refractivity contribution in [3.05, 3.63) is 64.7 Å². The molecule has 4 rings (SSSR count). The van der Waals surface area contributed by atoms with Gasteiger partial charge < -0.3 is 19.9 Å². The number of nitrogens with zero attached hydrogens (tertiary/aromatic N) is 1. The van der Waals surface area contributed by atoms with Crippen LogP contribution in [0.1, 0.15) is 21.5 Å². The van der Waals surface area contributed by atoms with Gasteiger partial charge in [0.25, 0.3) is 5.91 Å². The van der Waals surface area contributed by atoms with Crippen molar-refractivity contribution in [2.45, 2.75) is 6.54 Å². The second-order valence-electron chi connectivity index (χ2n) is 6.74. The Balaban J connectivity index is 1.56. The molecule has 7 heteroatoms.